The summed E-state index contributed by atoms with van der Waals surface area (Å²) in [5.41, 5.74) is 1.29. The Kier molecular flexibility index (Phi) is 3.26. The van der Waals surface area contributed by atoms with E-state index in [1.165, 1.54) is 6.33 Å². The normalized spacial score (nSPS) is 11.8. The number of anilines is 1. The Labute approximate surface area is 103 Å². The highest BCUT2D eigenvalue weighted by Gasteiger charge is 2.10. The molecular formula is C11H10ClN5. The molecule has 2 rings (SSSR count). The number of nitriles is 1. The molecule has 1 unspecified atom stereocenters. The van der Waals surface area contributed by atoms with Crippen LogP contribution in [0.5, 0.6) is 0 Å². The fourth-order valence-electron chi connectivity index (χ4n) is 1.43. The topological polar surface area (TPSA) is 77.4 Å². The summed E-state index contributed by atoms with van der Waals surface area (Å²) in [4.78, 5) is 4.05. The molecule has 0 spiro atoms. The molecule has 0 saturated carbocycles. The van der Waals surface area contributed by atoms with Gasteiger partial charge in [0.15, 0.2) is 0 Å². The number of nitrogens with one attached hydrogen (secondary N) is 2. The van der Waals surface area contributed by atoms with Gasteiger partial charge >= 0.3 is 0 Å². The highest BCUT2D eigenvalue weighted by Crippen LogP contribution is 2.25. The van der Waals surface area contributed by atoms with Crippen molar-refractivity contribution < 1.29 is 0 Å². The molecule has 0 bridgehead atoms. The van der Waals surface area contributed by atoms with Gasteiger partial charge in [-0.15, -0.1) is 0 Å². The number of aromatic amines is 1. The second-order valence-electron chi connectivity index (χ2n) is 3.54. The van der Waals surface area contributed by atoms with Gasteiger partial charge in [0, 0.05) is 0 Å². The Morgan fingerprint density at radius 3 is 2.94 bits per heavy atom. The molecule has 1 atom stereocenters. The van der Waals surface area contributed by atoms with E-state index in [0.29, 0.717) is 10.6 Å². The lowest BCUT2D eigenvalue weighted by Gasteiger charge is -2.13. The highest BCUT2D eigenvalue weighted by molar-refractivity contribution is 6.33. The lowest BCUT2D eigenvalue weighted by atomic mass is 10.2. The standard InChI is InChI=1S/C11H10ClN5/c1-7(11-14-6-15-17-11)16-10-3-2-8(5-13)4-9(10)12/h2-4,6-7,16H,1H3,(H,14,15,17). The number of halogens is 1. The van der Waals surface area contributed by atoms with E-state index in [-0.39, 0.29) is 6.04 Å². The zero-order chi connectivity index (χ0) is 12.3. The summed E-state index contributed by atoms with van der Waals surface area (Å²) >= 11 is 6.05. The molecule has 1 heterocycles. The van der Waals surface area contributed by atoms with Gasteiger partial charge in [-0.05, 0) is 25.1 Å². The molecule has 86 valence electrons. The van der Waals surface area contributed by atoms with Crippen molar-refractivity contribution in [3.05, 3.63) is 40.9 Å². The van der Waals surface area contributed by atoms with Crippen LogP contribution >= 0.6 is 11.6 Å². The summed E-state index contributed by atoms with van der Waals surface area (Å²) in [6.45, 7) is 1.94. The third-order valence-electron chi connectivity index (χ3n) is 2.31. The Morgan fingerprint density at radius 2 is 2.35 bits per heavy atom. The number of hydrogen-bond acceptors (Lipinski definition) is 4. The first-order valence-corrected chi connectivity index (χ1v) is 5.40. The zero-order valence-corrected chi connectivity index (χ0v) is 9.86. The lowest BCUT2D eigenvalue weighted by Crippen LogP contribution is -2.08. The third kappa shape index (κ3) is 2.55. The molecule has 1 aromatic carbocycles. The zero-order valence-electron chi connectivity index (χ0n) is 9.11. The molecule has 0 amide bonds. The number of aromatic nitrogens is 3. The molecule has 5 nitrogen and oxygen atoms in total. The number of benzene rings is 1. The van der Waals surface area contributed by atoms with Crippen molar-refractivity contribution in [2.75, 3.05) is 5.32 Å². The van der Waals surface area contributed by atoms with Crippen LogP contribution in [-0.2, 0) is 0 Å². The van der Waals surface area contributed by atoms with Gasteiger partial charge in [0.05, 0.1) is 28.4 Å². The van der Waals surface area contributed by atoms with Crippen LogP contribution in [0.3, 0.4) is 0 Å². The predicted octanol–water partition coefficient (Wildman–Crippen LogP) is 2.50. The second kappa shape index (κ2) is 4.85. The predicted molar refractivity (Wildman–Crippen MR) is 64.6 cm³/mol. The Morgan fingerprint density at radius 1 is 1.53 bits per heavy atom. The summed E-state index contributed by atoms with van der Waals surface area (Å²) in [6.07, 6.45) is 1.45. The molecule has 0 aliphatic carbocycles. The number of rotatable bonds is 3. The van der Waals surface area contributed by atoms with Crippen LogP contribution in [-0.4, -0.2) is 15.2 Å². The fraction of sp³-hybridized carbons (Fsp3) is 0.182. The van der Waals surface area contributed by atoms with Crippen LogP contribution in [0, 0.1) is 11.3 Å². The van der Waals surface area contributed by atoms with Crippen LogP contribution in [0.2, 0.25) is 5.02 Å². The van der Waals surface area contributed by atoms with Gasteiger partial charge in [-0.3, -0.25) is 5.10 Å². The first-order valence-electron chi connectivity index (χ1n) is 5.02. The Balaban J connectivity index is 2.17. The van der Waals surface area contributed by atoms with Gasteiger partial charge < -0.3 is 5.32 Å². The van der Waals surface area contributed by atoms with Gasteiger partial charge in [-0.2, -0.15) is 10.4 Å². The summed E-state index contributed by atoms with van der Waals surface area (Å²) < 4.78 is 0. The van der Waals surface area contributed by atoms with E-state index in [0.717, 1.165) is 11.5 Å². The van der Waals surface area contributed by atoms with E-state index < -0.39 is 0 Å². The van der Waals surface area contributed by atoms with Gasteiger partial charge in [-0.25, -0.2) is 4.98 Å². The molecule has 0 radical (unpaired) electrons. The maximum Gasteiger partial charge on any atom is 0.146 e. The van der Waals surface area contributed by atoms with Gasteiger partial charge in [0.25, 0.3) is 0 Å². The first-order chi connectivity index (χ1) is 8.20. The SMILES string of the molecule is CC(Nc1ccc(C#N)cc1Cl)c1ncn[nH]1. The van der Waals surface area contributed by atoms with Gasteiger partial charge in [-0.1, -0.05) is 11.6 Å². The van der Waals surface area contributed by atoms with Crippen molar-refractivity contribution in [1.29, 1.82) is 5.26 Å². The van der Waals surface area contributed by atoms with Crippen LogP contribution in [0.1, 0.15) is 24.4 Å². The maximum absolute atomic E-state index is 8.73. The van der Waals surface area contributed by atoms with E-state index in [9.17, 15) is 0 Å². The molecule has 2 N–H and O–H groups in total. The average Bonchev–Trinajstić information content (AvgIpc) is 2.85. The Hall–Kier alpha value is -2.06. The minimum atomic E-state index is -0.0389. The van der Waals surface area contributed by atoms with E-state index >= 15 is 0 Å². The quantitative estimate of drug-likeness (QED) is 0.874. The highest BCUT2D eigenvalue weighted by atomic mass is 35.5. The van der Waals surface area contributed by atoms with Crippen LogP contribution in [0.15, 0.2) is 24.5 Å². The van der Waals surface area contributed by atoms with E-state index in [4.69, 9.17) is 16.9 Å². The maximum atomic E-state index is 8.73. The third-order valence-corrected chi connectivity index (χ3v) is 2.63. The van der Waals surface area contributed by atoms with E-state index in [2.05, 4.69) is 20.5 Å². The smallest absolute Gasteiger partial charge is 0.146 e. The van der Waals surface area contributed by atoms with Gasteiger partial charge in [0.1, 0.15) is 12.2 Å². The monoisotopic (exact) mass is 247 g/mol. The van der Waals surface area contributed by atoms with Crippen molar-refractivity contribution in [3.8, 4) is 6.07 Å². The Bertz CT molecular complexity index is 543. The van der Waals surface area contributed by atoms with Crippen LogP contribution in [0.4, 0.5) is 5.69 Å². The van der Waals surface area contributed by atoms with Crippen molar-refractivity contribution in [1.82, 2.24) is 15.2 Å². The first kappa shape index (κ1) is 11.4. The van der Waals surface area contributed by atoms with Gasteiger partial charge in [0.2, 0.25) is 0 Å². The summed E-state index contributed by atoms with van der Waals surface area (Å²) in [7, 11) is 0. The van der Waals surface area contributed by atoms with Crippen LogP contribution in [0.25, 0.3) is 0 Å². The summed E-state index contributed by atoms with van der Waals surface area (Å²) in [5.74, 6) is 0.727. The van der Waals surface area contributed by atoms with Crippen molar-refractivity contribution in [3.63, 3.8) is 0 Å². The largest absolute Gasteiger partial charge is 0.374 e. The molecule has 17 heavy (non-hydrogen) atoms. The molecular weight excluding hydrogens is 238 g/mol. The summed E-state index contributed by atoms with van der Waals surface area (Å²) in [6, 6.07) is 7.10. The van der Waals surface area contributed by atoms with Crippen molar-refractivity contribution in [2.24, 2.45) is 0 Å². The number of nitrogens with zero attached hydrogens (tertiary/aromatic N) is 3. The molecule has 0 aliphatic heterocycles. The molecule has 6 heteroatoms. The molecule has 0 aliphatic rings. The average molecular weight is 248 g/mol. The van der Waals surface area contributed by atoms with Crippen molar-refractivity contribution in [2.45, 2.75) is 13.0 Å². The molecule has 0 saturated heterocycles. The van der Waals surface area contributed by atoms with Crippen LogP contribution < -0.4 is 5.32 Å². The molecule has 2 aromatic rings. The number of H-pyrrole nitrogens is 1. The fourth-order valence-corrected chi connectivity index (χ4v) is 1.66. The summed E-state index contributed by atoms with van der Waals surface area (Å²) in [5, 5.41) is 19.0. The van der Waals surface area contributed by atoms with Crippen molar-refractivity contribution >= 4 is 17.3 Å². The molecule has 1 aromatic heterocycles. The van der Waals surface area contributed by atoms with E-state index in [1.54, 1.807) is 18.2 Å². The molecule has 0 fully saturated rings. The van der Waals surface area contributed by atoms with E-state index in [1.807, 2.05) is 13.0 Å². The second-order valence-corrected chi connectivity index (χ2v) is 3.95. The number of hydrogen-bond donors (Lipinski definition) is 2. The lowest BCUT2D eigenvalue weighted by molar-refractivity contribution is 0.796. The minimum Gasteiger partial charge on any atom is -0.374 e. The minimum absolute atomic E-state index is 0.0389.